The quantitative estimate of drug-likeness (QED) is 0.137. The highest BCUT2D eigenvalue weighted by Gasteiger charge is 2.36. The van der Waals surface area contributed by atoms with Gasteiger partial charge in [-0.15, -0.1) is 0 Å². The number of fused-ring (bicyclic) bond motifs is 15. The molecule has 20 aromatic rings. The van der Waals surface area contributed by atoms with Crippen LogP contribution >= 0.6 is 0 Å². The van der Waals surface area contributed by atoms with Crippen molar-refractivity contribution in [3.63, 3.8) is 0 Å². The van der Waals surface area contributed by atoms with Crippen molar-refractivity contribution in [1.82, 2.24) is 18.3 Å². The lowest BCUT2D eigenvalue weighted by Gasteiger charge is -2.22. The van der Waals surface area contributed by atoms with E-state index in [0.717, 1.165) is 5.69 Å². The van der Waals surface area contributed by atoms with E-state index < -0.39 is 0 Å². The second kappa shape index (κ2) is 24.8. The van der Waals surface area contributed by atoms with E-state index in [9.17, 15) is 0 Å². The Hall–Kier alpha value is -13.3. The van der Waals surface area contributed by atoms with Gasteiger partial charge >= 0.3 is 0 Å². The lowest BCUT2D eigenvalue weighted by Crippen LogP contribution is -2.15. The molecule has 4 nitrogen and oxygen atoms in total. The van der Waals surface area contributed by atoms with Crippen molar-refractivity contribution in [2.45, 2.75) is 26.7 Å². The third-order valence-electron chi connectivity index (χ3n) is 21.9. The van der Waals surface area contributed by atoms with Crippen LogP contribution in [0.2, 0.25) is 0 Å². The second-order valence-electron chi connectivity index (χ2n) is 27.9. The van der Waals surface area contributed by atoms with Crippen LogP contribution in [0, 0.1) is 0 Å². The molecule has 104 heavy (non-hydrogen) atoms. The molecule has 21 rings (SSSR count). The Labute approximate surface area is 605 Å². The first-order chi connectivity index (χ1) is 50.9. The van der Waals surface area contributed by atoms with Crippen LogP contribution in [0.1, 0.15) is 32.4 Å². The average Bonchev–Trinajstić information content (AvgIpc) is 1.59. The van der Waals surface area contributed by atoms with E-state index in [4.69, 9.17) is 0 Å². The van der Waals surface area contributed by atoms with Crippen LogP contribution < -0.4 is 0 Å². The molecule has 0 atom stereocenters. The average molecular weight is 1330 g/mol. The third kappa shape index (κ3) is 9.89. The molecule has 1 aliphatic rings. The van der Waals surface area contributed by atoms with E-state index in [1.54, 1.807) is 0 Å². The number of hydrogen-bond donors (Lipinski definition) is 0. The van der Waals surface area contributed by atoms with Crippen molar-refractivity contribution in [3.8, 4) is 89.5 Å². The van der Waals surface area contributed by atoms with Gasteiger partial charge in [0.2, 0.25) is 0 Å². The fourth-order valence-electron chi connectivity index (χ4n) is 17.0. The first-order valence-corrected chi connectivity index (χ1v) is 35.7. The summed E-state index contributed by atoms with van der Waals surface area (Å²) in [5.74, 6) is 0. The summed E-state index contributed by atoms with van der Waals surface area (Å²) in [5.41, 5.74) is 32.0. The van der Waals surface area contributed by atoms with Crippen LogP contribution in [0.25, 0.3) is 177 Å². The van der Waals surface area contributed by atoms with Crippen molar-refractivity contribution in [2.24, 2.45) is 0 Å². The van der Waals surface area contributed by atoms with E-state index in [1.165, 1.54) is 182 Å². The van der Waals surface area contributed by atoms with Crippen molar-refractivity contribution < 1.29 is 0 Å². The molecule has 1 aliphatic carbocycles. The topological polar surface area (TPSA) is 19.7 Å². The van der Waals surface area contributed by atoms with Crippen LogP contribution in [0.4, 0.5) is 0 Å². The Bertz CT molecular complexity index is 6540. The van der Waals surface area contributed by atoms with Gasteiger partial charge in [0.25, 0.3) is 0 Å². The number of aromatic nitrogens is 4. The van der Waals surface area contributed by atoms with E-state index in [1.807, 2.05) is 0 Å². The predicted molar refractivity (Wildman–Crippen MR) is 442 cm³/mol. The van der Waals surface area contributed by atoms with Gasteiger partial charge in [0.15, 0.2) is 0 Å². The third-order valence-corrected chi connectivity index (χ3v) is 21.9. The highest BCUT2D eigenvalue weighted by molar-refractivity contribution is 6.15. The first-order valence-electron chi connectivity index (χ1n) is 35.7. The number of para-hydroxylation sites is 6. The lowest BCUT2D eigenvalue weighted by molar-refractivity contribution is 0.660. The minimum atomic E-state index is -0.0543. The molecule has 4 heterocycles. The molecular formula is C100H72N4. The molecule has 0 amide bonds. The zero-order chi connectivity index (χ0) is 68.3. The molecular weight excluding hydrogens is 1260 g/mol. The van der Waals surface area contributed by atoms with Crippen LogP contribution in [0.5, 0.6) is 0 Å². The van der Waals surface area contributed by atoms with Gasteiger partial charge < -0.3 is 18.3 Å². The fourth-order valence-corrected chi connectivity index (χ4v) is 17.0. The summed E-state index contributed by atoms with van der Waals surface area (Å²) in [6.45, 7) is 4.71. The molecule has 492 valence electrons. The van der Waals surface area contributed by atoms with Crippen molar-refractivity contribution in [3.05, 3.63) is 387 Å². The molecule has 0 bridgehead atoms. The molecule has 4 heteroatoms. The predicted octanol–water partition coefficient (Wildman–Crippen LogP) is 27.0. The molecule has 0 aliphatic heterocycles. The van der Waals surface area contributed by atoms with Gasteiger partial charge in [-0.3, -0.25) is 0 Å². The van der Waals surface area contributed by atoms with Crippen LogP contribution in [-0.4, -0.2) is 18.3 Å². The summed E-state index contributed by atoms with van der Waals surface area (Å²) >= 11 is 0. The van der Waals surface area contributed by atoms with Crippen molar-refractivity contribution in [2.75, 3.05) is 0 Å². The van der Waals surface area contributed by atoms with Gasteiger partial charge in [0, 0.05) is 71.0 Å². The van der Waals surface area contributed by atoms with Crippen molar-refractivity contribution in [1.29, 1.82) is 0 Å². The van der Waals surface area contributed by atoms with E-state index in [2.05, 4.69) is 408 Å². The van der Waals surface area contributed by atoms with E-state index in [0.29, 0.717) is 0 Å². The minimum absolute atomic E-state index is 0. The Morgan fingerprint density at radius 3 is 0.904 bits per heavy atom. The molecule has 0 radical (unpaired) electrons. The highest BCUT2D eigenvalue weighted by atomic mass is 15.0. The molecule has 0 saturated carbocycles. The highest BCUT2D eigenvalue weighted by Crippen LogP contribution is 2.50. The zero-order valence-electron chi connectivity index (χ0n) is 57.1. The van der Waals surface area contributed by atoms with Gasteiger partial charge in [-0.05, 0) is 176 Å². The molecule has 0 unspecified atom stereocenters. The Morgan fingerprint density at radius 2 is 0.471 bits per heavy atom. The summed E-state index contributed by atoms with van der Waals surface area (Å²) in [6, 6.07) is 137. The Morgan fingerprint density at radius 1 is 0.183 bits per heavy atom. The van der Waals surface area contributed by atoms with Crippen LogP contribution in [0.15, 0.2) is 376 Å². The summed E-state index contributed by atoms with van der Waals surface area (Å²) in [6.07, 6.45) is 0. The fraction of sp³-hybridized carbons (Fsp3) is 0.0400. The molecule has 0 N–H and O–H groups in total. The maximum Gasteiger partial charge on any atom is 0.0541 e. The normalized spacial score (nSPS) is 12.3. The molecule has 0 saturated heterocycles. The maximum atomic E-state index is 2.45. The monoisotopic (exact) mass is 1330 g/mol. The molecule has 4 aromatic heterocycles. The molecule has 0 fully saturated rings. The first kappa shape index (κ1) is 61.8. The summed E-state index contributed by atoms with van der Waals surface area (Å²) in [7, 11) is 0. The second-order valence-corrected chi connectivity index (χ2v) is 27.9. The van der Waals surface area contributed by atoms with Crippen molar-refractivity contribution >= 4 is 87.2 Å². The maximum absolute atomic E-state index is 2.45. The number of hydrogen-bond acceptors (Lipinski definition) is 0. The SMILES string of the molecule is C.CC1(C)c2ccccc2-c2ccc(-n3c4ccccc4c4cc(-c5ccc6c(c5)c5ccccc5n6-c5ccc(-c6ccccc6)cc5)ccc43)cc21.c1ccc(-c2ccccc2-n2c3ccccc3c3cc(-c4ccc5c(c4)c4ccccc4n5-c4ccccc4-c4ccccc4)ccc32)cc1. The van der Waals surface area contributed by atoms with E-state index in [-0.39, 0.29) is 12.8 Å². The summed E-state index contributed by atoms with van der Waals surface area (Å²) in [4.78, 5) is 0. The standard InChI is InChI=1S/C51H36N2.C48H32N2.CH4/c1-51(2)45-17-9-6-14-39(45)40-27-26-38(32-46(40)51)53-48-19-11-8-16-42(48)44-31-36(23-29-50(44)53)35-22-28-49-43(30-35)41-15-7-10-18-47(41)52(49)37-24-20-34(21-25-37)33-12-4-3-5-13-33;1-3-15-33(16-4-1)37-19-7-11-23-43(37)49-45-25-13-9-21-39(45)41-31-35(27-29-47(41)49)36-28-30-48-42(32-36)40-22-10-14-26-46(40)50(48)44-24-12-8-20-38(44)34-17-5-2-6-18-34;/h3-32H,1-2H3;1-32H;1H4. The number of benzene rings is 16. The number of rotatable bonds is 9. The summed E-state index contributed by atoms with van der Waals surface area (Å²) < 4.78 is 9.71. The van der Waals surface area contributed by atoms with Gasteiger partial charge in [-0.25, -0.2) is 0 Å². The van der Waals surface area contributed by atoms with Crippen LogP contribution in [-0.2, 0) is 5.41 Å². The molecule has 0 spiro atoms. The molecule has 16 aromatic carbocycles. The Kier molecular flexibility index (Phi) is 14.7. The smallest absolute Gasteiger partial charge is 0.0541 e. The van der Waals surface area contributed by atoms with Gasteiger partial charge in [-0.2, -0.15) is 0 Å². The minimum Gasteiger partial charge on any atom is -0.309 e. The largest absolute Gasteiger partial charge is 0.309 e. The van der Waals surface area contributed by atoms with Gasteiger partial charge in [0.05, 0.1) is 55.5 Å². The zero-order valence-corrected chi connectivity index (χ0v) is 57.1. The Balaban J connectivity index is 0.000000142. The lowest BCUT2D eigenvalue weighted by atomic mass is 9.82. The number of nitrogens with zero attached hydrogens (tertiary/aromatic N) is 4. The van der Waals surface area contributed by atoms with Gasteiger partial charge in [-0.1, -0.05) is 288 Å². The van der Waals surface area contributed by atoms with Crippen LogP contribution in [0.3, 0.4) is 0 Å². The van der Waals surface area contributed by atoms with Gasteiger partial charge in [0.1, 0.15) is 0 Å². The summed E-state index contributed by atoms with van der Waals surface area (Å²) in [5, 5.41) is 10.1. The van der Waals surface area contributed by atoms with E-state index >= 15 is 0 Å².